The quantitative estimate of drug-likeness (QED) is 0.912. The van der Waals surface area contributed by atoms with Crippen LogP contribution in [0.4, 0.5) is 0 Å². The average molecular weight is 275 g/mol. The highest BCUT2D eigenvalue weighted by atomic mass is 32.1. The van der Waals surface area contributed by atoms with Gasteiger partial charge in [0.2, 0.25) is 0 Å². The molecule has 0 fully saturated rings. The number of nitrogens with one attached hydrogen (secondary N) is 1. The van der Waals surface area contributed by atoms with Crippen molar-refractivity contribution >= 4 is 17.2 Å². The minimum Gasteiger partial charge on any atom is -0.343 e. The van der Waals surface area contributed by atoms with E-state index in [4.69, 9.17) is 0 Å². The molecular formula is C14H17N3OS. The first-order valence-electron chi connectivity index (χ1n) is 6.27. The maximum Gasteiger partial charge on any atom is 0.251 e. The van der Waals surface area contributed by atoms with E-state index in [9.17, 15) is 4.79 Å². The largest absolute Gasteiger partial charge is 0.343 e. The summed E-state index contributed by atoms with van der Waals surface area (Å²) in [5.41, 5.74) is 0.625. The van der Waals surface area contributed by atoms with Crippen molar-refractivity contribution in [3.63, 3.8) is 0 Å². The lowest BCUT2D eigenvalue weighted by molar-refractivity contribution is 0.0932. The molecule has 100 valence electrons. The van der Waals surface area contributed by atoms with Crippen LogP contribution in [0.15, 0.2) is 36.1 Å². The molecule has 19 heavy (non-hydrogen) atoms. The summed E-state index contributed by atoms with van der Waals surface area (Å²) in [5.74, 6) is 0.412. The van der Waals surface area contributed by atoms with Crippen molar-refractivity contribution < 1.29 is 4.79 Å². The predicted molar refractivity (Wildman–Crippen MR) is 76.0 cm³/mol. The molecule has 4 nitrogen and oxygen atoms in total. The van der Waals surface area contributed by atoms with E-state index in [1.54, 1.807) is 42.1 Å². The summed E-state index contributed by atoms with van der Waals surface area (Å²) in [6, 6.07) is 3.40. The van der Waals surface area contributed by atoms with E-state index in [0.717, 1.165) is 11.4 Å². The lowest BCUT2D eigenvalue weighted by Crippen LogP contribution is -2.29. The molecule has 2 rings (SSSR count). The van der Waals surface area contributed by atoms with Gasteiger partial charge in [0, 0.05) is 29.5 Å². The van der Waals surface area contributed by atoms with E-state index in [2.05, 4.69) is 29.1 Å². The minimum atomic E-state index is -0.0803. The van der Waals surface area contributed by atoms with Crippen LogP contribution in [0.3, 0.4) is 0 Å². The molecule has 1 amide bonds. The Morgan fingerprint density at radius 2 is 2.05 bits per heavy atom. The highest BCUT2D eigenvalue weighted by Crippen LogP contribution is 2.23. The molecule has 2 aromatic heterocycles. The molecule has 2 aromatic rings. The minimum absolute atomic E-state index is 0.0272. The fourth-order valence-electron chi connectivity index (χ4n) is 1.84. The van der Waals surface area contributed by atoms with Crippen molar-refractivity contribution in [3.8, 4) is 0 Å². The van der Waals surface area contributed by atoms with Gasteiger partial charge in [0.15, 0.2) is 0 Å². The molecule has 0 spiro atoms. The van der Waals surface area contributed by atoms with Crippen LogP contribution in [-0.2, 0) is 0 Å². The third-order valence-electron chi connectivity index (χ3n) is 2.70. The summed E-state index contributed by atoms with van der Waals surface area (Å²) in [6.45, 7) is 4.28. The molecule has 1 N–H and O–H groups in total. The third kappa shape index (κ3) is 3.86. The Kier molecular flexibility index (Phi) is 4.63. The van der Waals surface area contributed by atoms with Gasteiger partial charge in [-0.25, -0.2) is 4.98 Å². The molecule has 0 saturated carbocycles. The summed E-state index contributed by atoms with van der Waals surface area (Å²) in [6.07, 6.45) is 5.89. The Bertz CT molecular complexity index is 511. The van der Waals surface area contributed by atoms with Gasteiger partial charge in [-0.15, -0.1) is 11.3 Å². The Morgan fingerprint density at radius 3 is 2.63 bits per heavy atom. The number of hydrogen-bond acceptors (Lipinski definition) is 4. The molecule has 0 aliphatic heterocycles. The van der Waals surface area contributed by atoms with Gasteiger partial charge in [0.25, 0.3) is 5.91 Å². The van der Waals surface area contributed by atoms with E-state index in [-0.39, 0.29) is 11.9 Å². The maximum atomic E-state index is 12.2. The normalized spacial score (nSPS) is 12.4. The standard InChI is InChI=1S/C14H17N3OS/c1-10(2)9-12(14-16-7-8-19-14)17-13(18)11-3-5-15-6-4-11/h3-8,10,12H,9H2,1-2H3,(H,17,18). The van der Waals surface area contributed by atoms with Gasteiger partial charge < -0.3 is 5.32 Å². The van der Waals surface area contributed by atoms with Gasteiger partial charge in [0.1, 0.15) is 5.01 Å². The molecule has 0 bridgehead atoms. The molecule has 1 unspecified atom stereocenters. The molecule has 0 saturated heterocycles. The van der Waals surface area contributed by atoms with Crippen molar-refractivity contribution in [1.82, 2.24) is 15.3 Å². The zero-order chi connectivity index (χ0) is 13.7. The summed E-state index contributed by atoms with van der Waals surface area (Å²) < 4.78 is 0. The first-order chi connectivity index (χ1) is 9.16. The first kappa shape index (κ1) is 13.7. The van der Waals surface area contributed by atoms with Crippen LogP contribution in [-0.4, -0.2) is 15.9 Å². The number of carbonyl (C=O) groups excluding carboxylic acids is 1. The maximum absolute atomic E-state index is 12.2. The molecule has 0 aliphatic rings. The summed E-state index contributed by atoms with van der Waals surface area (Å²) >= 11 is 1.57. The molecule has 0 aromatic carbocycles. The number of nitrogens with zero attached hydrogens (tertiary/aromatic N) is 2. The number of pyridine rings is 1. The van der Waals surface area contributed by atoms with Crippen molar-refractivity contribution in [2.24, 2.45) is 5.92 Å². The van der Waals surface area contributed by atoms with Crippen LogP contribution < -0.4 is 5.32 Å². The van der Waals surface area contributed by atoms with E-state index in [0.29, 0.717) is 11.5 Å². The lowest BCUT2D eigenvalue weighted by atomic mass is 10.0. The first-order valence-corrected chi connectivity index (χ1v) is 7.15. The second-order valence-corrected chi connectivity index (χ2v) is 5.69. The summed E-state index contributed by atoms with van der Waals surface area (Å²) in [4.78, 5) is 20.4. The predicted octanol–water partition coefficient (Wildman–Crippen LogP) is 3.06. The Balaban J connectivity index is 2.10. The zero-order valence-corrected chi connectivity index (χ0v) is 11.9. The van der Waals surface area contributed by atoms with Gasteiger partial charge in [-0.2, -0.15) is 0 Å². The summed E-state index contributed by atoms with van der Waals surface area (Å²) in [5, 5.41) is 5.93. The van der Waals surface area contributed by atoms with Crippen LogP contribution in [0, 0.1) is 5.92 Å². The van der Waals surface area contributed by atoms with Crippen LogP contribution in [0.5, 0.6) is 0 Å². The Labute approximate surface area is 116 Å². The lowest BCUT2D eigenvalue weighted by Gasteiger charge is -2.18. The number of amides is 1. The van der Waals surface area contributed by atoms with Gasteiger partial charge in [0.05, 0.1) is 6.04 Å². The molecule has 0 aliphatic carbocycles. The highest BCUT2D eigenvalue weighted by Gasteiger charge is 2.19. The zero-order valence-electron chi connectivity index (χ0n) is 11.0. The fraction of sp³-hybridized carbons (Fsp3) is 0.357. The van der Waals surface area contributed by atoms with Gasteiger partial charge in [-0.05, 0) is 24.5 Å². The number of aromatic nitrogens is 2. The van der Waals surface area contributed by atoms with Crippen molar-refractivity contribution in [2.45, 2.75) is 26.3 Å². The number of rotatable bonds is 5. The molecular weight excluding hydrogens is 258 g/mol. The van der Waals surface area contributed by atoms with Crippen molar-refractivity contribution in [3.05, 3.63) is 46.7 Å². The van der Waals surface area contributed by atoms with Crippen molar-refractivity contribution in [1.29, 1.82) is 0 Å². The summed E-state index contributed by atoms with van der Waals surface area (Å²) in [7, 11) is 0. The second-order valence-electron chi connectivity index (χ2n) is 4.76. The molecule has 2 heterocycles. The van der Waals surface area contributed by atoms with E-state index < -0.39 is 0 Å². The van der Waals surface area contributed by atoms with Crippen molar-refractivity contribution in [2.75, 3.05) is 0 Å². The van der Waals surface area contributed by atoms with Gasteiger partial charge in [-0.3, -0.25) is 9.78 Å². The van der Waals surface area contributed by atoms with E-state index in [1.165, 1.54) is 0 Å². The number of thiazole rings is 1. The Hall–Kier alpha value is -1.75. The molecule has 1 atom stereocenters. The number of hydrogen-bond donors (Lipinski definition) is 1. The van der Waals surface area contributed by atoms with Crippen LogP contribution in [0.25, 0.3) is 0 Å². The smallest absolute Gasteiger partial charge is 0.251 e. The van der Waals surface area contributed by atoms with Gasteiger partial charge in [-0.1, -0.05) is 13.8 Å². The average Bonchev–Trinajstić information content (AvgIpc) is 2.92. The SMILES string of the molecule is CC(C)CC(NC(=O)c1ccncc1)c1nccs1. The van der Waals surface area contributed by atoms with Gasteiger partial charge >= 0.3 is 0 Å². The Morgan fingerprint density at radius 1 is 1.32 bits per heavy atom. The third-order valence-corrected chi connectivity index (χ3v) is 3.59. The number of carbonyl (C=O) groups is 1. The van der Waals surface area contributed by atoms with E-state index in [1.807, 2.05) is 5.38 Å². The monoisotopic (exact) mass is 275 g/mol. The topological polar surface area (TPSA) is 54.9 Å². The van der Waals surface area contributed by atoms with Crippen LogP contribution >= 0.6 is 11.3 Å². The van der Waals surface area contributed by atoms with Crippen LogP contribution in [0.2, 0.25) is 0 Å². The molecule has 5 heteroatoms. The van der Waals surface area contributed by atoms with Crippen LogP contribution in [0.1, 0.15) is 41.7 Å². The highest BCUT2D eigenvalue weighted by molar-refractivity contribution is 7.09. The molecule has 0 radical (unpaired) electrons. The van der Waals surface area contributed by atoms with E-state index >= 15 is 0 Å². The fourth-order valence-corrected chi connectivity index (χ4v) is 2.55. The second kappa shape index (κ2) is 6.43.